The van der Waals surface area contributed by atoms with Crippen LogP contribution in [0.3, 0.4) is 0 Å². The highest BCUT2D eigenvalue weighted by molar-refractivity contribution is 5.97. The minimum absolute atomic E-state index is 0.0237. The van der Waals surface area contributed by atoms with Gasteiger partial charge in [-0.1, -0.05) is 42.5 Å². The highest BCUT2D eigenvalue weighted by atomic mass is 16.2. The van der Waals surface area contributed by atoms with E-state index in [4.69, 9.17) is 5.73 Å². The van der Waals surface area contributed by atoms with Crippen LogP contribution in [0.1, 0.15) is 16.7 Å². The number of hydrogen-bond acceptors (Lipinski definition) is 3. The summed E-state index contributed by atoms with van der Waals surface area (Å²) < 4.78 is 0. The van der Waals surface area contributed by atoms with Crippen molar-refractivity contribution in [1.29, 1.82) is 0 Å². The number of nitrogens with two attached hydrogens (primary N) is 1. The van der Waals surface area contributed by atoms with Crippen LogP contribution in [0.5, 0.6) is 0 Å². The third-order valence-corrected chi connectivity index (χ3v) is 5.20. The highest BCUT2D eigenvalue weighted by Gasteiger charge is 2.33. The van der Waals surface area contributed by atoms with Gasteiger partial charge in [-0.3, -0.25) is 14.5 Å². The van der Waals surface area contributed by atoms with Gasteiger partial charge in [-0.2, -0.15) is 0 Å². The van der Waals surface area contributed by atoms with E-state index in [1.807, 2.05) is 46.2 Å². The molecule has 1 atom stereocenters. The first-order valence-electron chi connectivity index (χ1n) is 8.62. The second-order valence-electron chi connectivity index (χ2n) is 6.72. The van der Waals surface area contributed by atoms with Gasteiger partial charge in [0.2, 0.25) is 11.8 Å². The number of amides is 2. The van der Waals surface area contributed by atoms with Crippen molar-refractivity contribution in [3.05, 3.63) is 65.2 Å². The molecule has 2 aliphatic heterocycles. The Kier molecular flexibility index (Phi) is 4.01. The predicted molar refractivity (Wildman–Crippen MR) is 96.0 cm³/mol. The van der Waals surface area contributed by atoms with Crippen LogP contribution in [0.15, 0.2) is 48.5 Å². The molecule has 2 aromatic rings. The quantitative estimate of drug-likeness (QED) is 0.924. The predicted octanol–water partition coefficient (Wildman–Crippen LogP) is 1.49. The fourth-order valence-electron chi connectivity index (χ4n) is 3.88. The zero-order valence-corrected chi connectivity index (χ0v) is 14.0. The molecule has 0 saturated heterocycles. The summed E-state index contributed by atoms with van der Waals surface area (Å²) in [4.78, 5) is 28.6. The number of benzene rings is 2. The molecule has 25 heavy (non-hydrogen) atoms. The number of rotatable bonds is 3. The van der Waals surface area contributed by atoms with E-state index in [1.165, 1.54) is 5.56 Å². The van der Waals surface area contributed by atoms with E-state index < -0.39 is 6.04 Å². The molecule has 2 aliphatic rings. The van der Waals surface area contributed by atoms with Gasteiger partial charge in [-0.25, -0.2) is 0 Å². The first kappa shape index (κ1) is 15.8. The zero-order valence-electron chi connectivity index (χ0n) is 14.0. The number of nitrogens with zero attached hydrogens (tertiary/aromatic N) is 2. The summed E-state index contributed by atoms with van der Waals surface area (Å²) >= 11 is 0. The smallest absolute Gasteiger partial charge is 0.241 e. The number of carbonyl (C=O) groups excluding carboxylic acids is 2. The topological polar surface area (TPSA) is 66.6 Å². The number of carbonyl (C=O) groups is 2. The van der Waals surface area contributed by atoms with Crippen molar-refractivity contribution in [2.24, 2.45) is 5.73 Å². The van der Waals surface area contributed by atoms with Crippen molar-refractivity contribution < 1.29 is 9.59 Å². The minimum Gasteiger partial charge on any atom is -0.368 e. The Hall–Kier alpha value is -2.66. The van der Waals surface area contributed by atoms with Gasteiger partial charge in [0.1, 0.15) is 0 Å². The van der Waals surface area contributed by atoms with Crippen LogP contribution >= 0.6 is 0 Å². The van der Waals surface area contributed by atoms with Crippen molar-refractivity contribution in [3.63, 3.8) is 0 Å². The standard InChI is InChI=1S/C20H21N3O2/c21-20(25)18-11-15-6-1-2-7-16(15)12-22(18)13-19(24)23-10-9-14-5-3-4-8-17(14)23/h1-8,18H,9-13H2,(H2,21,25)/t18-/m0/s1. The van der Waals surface area contributed by atoms with Crippen molar-refractivity contribution in [2.45, 2.75) is 25.4 Å². The van der Waals surface area contributed by atoms with Crippen LogP contribution < -0.4 is 10.6 Å². The molecule has 128 valence electrons. The fraction of sp³-hybridized carbons (Fsp3) is 0.300. The molecule has 2 N–H and O–H groups in total. The minimum atomic E-state index is -0.434. The highest BCUT2D eigenvalue weighted by Crippen LogP contribution is 2.28. The van der Waals surface area contributed by atoms with E-state index in [1.54, 1.807) is 0 Å². The van der Waals surface area contributed by atoms with Gasteiger partial charge >= 0.3 is 0 Å². The zero-order chi connectivity index (χ0) is 17.4. The molecule has 5 nitrogen and oxygen atoms in total. The molecule has 0 saturated carbocycles. The Labute approximate surface area is 147 Å². The molecule has 0 bridgehead atoms. The monoisotopic (exact) mass is 335 g/mol. The molecule has 0 radical (unpaired) electrons. The Morgan fingerprint density at radius 3 is 2.44 bits per heavy atom. The van der Waals surface area contributed by atoms with Gasteiger partial charge < -0.3 is 10.6 Å². The molecule has 2 aromatic carbocycles. The van der Waals surface area contributed by atoms with Gasteiger partial charge in [-0.15, -0.1) is 0 Å². The van der Waals surface area contributed by atoms with E-state index >= 15 is 0 Å². The largest absolute Gasteiger partial charge is 0.368 e. The summed E-state index contributed by atoms with van der Waals surface area (Å²) in [6, 6.07) is 15.6. The number of anilines is 1. The molecule has 5 heteroatoms. The van der Waals surface area contributed by atoms with Gasteiger partial charge in [0.25, 0.3) is 0 Å². The maximum Gasteiger partial charge on any atom is 0.241 e. The molecular weight excluding hydrogens is 314 g/mol. The van der Waals surface area contributed by atoms with E-state index in [-0.39, 0.29) is 18.4 Å². The molecular formula is C20H21N3O2. The summed E-state index contributed by atoms with van der Waals surface area (Å²) in [6.45, 7) is 1.48. The lowest BCUT2D eigenvalue weighted by atomic mass is 9.93. The summed E-state index contributed by atoms with van der Waals surface area (Å²) in [6.07, 6.45) is 1.44. The van der Waals surface area contributed by atoms with Crippen LogP contribution in [-0.2, 0) is 29.0 Å². The summed E-state index contributed by atoms with van der Waals surface area (Å²) in [5.74, 6) is -0.347. The summed E-state index contributed by atoms with van der Waals surface area (Å²) in [7, 11) is 0. The van der Waals surface area contributed by atoms with Crippen LogP contribution in [0.2, 0.25) is 0 Å². The Balaban J connectivity index is 1.55. The first-order chi connectivity index (χ1) is 12.1. The third-order valence-electron chi connectivity index (χ3n) is 5.20. The average Bonchev–Trinajstić information content (AvgIpc) is 3.05. The number of para-hydroxylation sites is 1. The fourth-order valence-corrected chi connectivity index (χ4v) is 3.88. The van der Waals surface area contributed by atoms with Crippen LogP contribution in [0, 0.1) is 0 Å². The maximum absolute atomic E-state index is 12.9. The van der Waals surface area contributed by atoms with Crippen molar-refractivity contribution in [3.8, 4) is 0 Å². The van der Waals surface area contributed by atoms with Crippen LogP contribution in [0.4, 0.5) is 5.69 Å². The SMILES string of the molecule is NC(=O)[C@@H]1Cc2ccccc2CN1CC(=O)N1CCc2ccccc21. The summed E-state index contributed by atoms with van der Waals surface area (Å²) in [5.41, 5.74) is 10.1. The van der Waals surface area contributed by atoms with Gasteiger partial charge in [-0.05, 0) is 35.6 Å². The number of hydrogen-bond donors (Lipinski definition) is 1. The average molecular weight is 335 g/mol. The lowest BCUT2D eigenvalue weighted by Gasteiger charge is -2.35. The van der Waals surface area contributed by atoms with Crippen molar-refractivity contribution in [1.82, 2.24) is 4.90 Å². The van der Waals surface area contributed by atoms with E-state index in [2.05, 4.69) is 12.1 Å². The van der Waals surface area contributed by atoms with Gasteiger partial charge in [0.05, 0.1) is 12.6 Å². The Morgan fingerprint density at radius 1 is 1.00 bits per heavy atom. The Morgan fingerprint density at radius 2 is 1.68 bits per heavy atom. The molecule has 0 spiro atoms. The second-order valence-corrected chi connectivity index (χ2v) is 6.72. The molecule has 0 aromatic heterocycles. The number of fused-ring (bicyclic) bond motifs is 2. The van der Waals surface area contributed by atoms with Crippen LogP contribution in [-0.4, -0.2) is 35.8 Å². The molecule has 4 rings (SSSR count). The lowest BCUT2D eigenvalue weighted by Crippen LogP contribution is -2.52. The molecule has 0 fully saturated rings. The van der Waals surface area contributed by atoms with Gasteiger partial charge in [0, 0.05) is 18.8 Å². The molecule has 2 amide bonds. The second kappa shape index (κ2) is 6.33. The lowest BCUT2D eigenvalue weighted by molar-refractivity contribution is -0.126. The molecule has 2 heterocycles. The van der Waals surface area contributed by atoms with Crippen LogP contribution in [0.25, 0.3) is 0 Å². The third kappa shape index (κ3) is 2.91. The molecule has 0 unspecified atom stereocenters. The molecule has 0 aliphatic carbocycles. The summed E-state index contributed by atoms with van der Waals surface area (Å²) in [5, 5.41) is 0. The number of primary amides is 1. The normalized spacial score (nSPS) is 19.4. The van der Waals surface area contributed by atoms with E-state index in [9.17, 15) is 9.59 Å². The van der Waals surface area contributed by atoms with E-state index in [0.717, 1.165) is 23.2 Å². The Bertz CT molecular complexity index is 833. The van der Waals surface area contributed by atoms with Crippen molar-refractivity contribution >= 4 is 17.5 Å². The van der Waals surface area contributed by atoms with Gasteiger partial charge in [0.15, 0.2) is 0 Å². The first-order valence-corrected chi connectivity index (χ1v) is 8.62. The van der Waals surface area contributed by atoms with E-state index in [0.29, 0.717) is 19.5 Å². The maximum atomic E-state index is 12.9. The van der Waals surface area contributed by atoms with Crippen molar-refractivity contribution in [2.75, 3.05) is 18.0 Å².